The van der Waals surface area contributed by atoms with Gasteiger partial charge in [0.25, 0.3) is 0 Å². The molecule has 12 heavy (non-hydrogen) atoms. The molecule has 1 aromatic rings. The standard InChI is InChI=1S/C8H13N3O/c1-5(9)6-10-7(11-12-6)8(2)3-4-8/h5H,3-4,9H2,1-2H3. The van der Waals surface area contributed by atoms with E-state index in [-0.39, 0.29) is 11.5 Å². The van der Waals surface area contributed by atoms with Crippen molar-refractivity contribution < 1.29 is 4.52 Å². The van der Waals surface area contributed by atoms with E-state index < -0.39 is 0 Å². The molecular formula is C8H13N3O. The van der Waals surface area contributed by atoms with Gasteiger partial charge in [0.2, 0.25) is 5.89 Å². The molecule has 1 saturated carbocycles. The molecule has 0 saturated heterocycles. The lowest BCUT2D eigenvalue weighted by Crippen LogP contribution is -2.07. The normalized spacial score (nSPS) is 22.2. The third-order valence-corrected chi connectivity index (χ3v) is 2.37. The number of nitrogens with zero attached hydrogens (tertiary/aromatic N) is 2. The fourth-order valence-corrected chi connectivity index (χ4v) is 1.08. The molecule has 1 heterocycles. The van der Waals surface area contributed by atoms with Crippen molar-refractivity contribution in [2.75, 3.05) is 0 Å². The molecule has 1 atom stereocenters. The molecule has 0 aliphatic heterocycles. The molecule has 66 valence electrons. The third kappa shape index (κ3) is 1.12. The van der Waals surface area contributed by atoms with E-state index in [4.69, 9.17) is 10.3 Å². The second-order valence-corrected chi connectivity index (χ2v) is 3.81. The van der Waals surface area contributed by atoms with Gasteiger partial charge in [-0.25, -0.2) is 0 Å². The first-order chi connectivity index (χ1) is 5.62. The van der Waals surface area contributed by atoms with Crippen molar-refractivity contribution in [3.8, 4) is 0 Å². The highest BCUT2D eigenvalue weighted by Gasteiger charge is 2.43. The number of nitrogens with two attached hydrogens (primary N) is 1. The molecule has 4 nitrogen and oxygen atoms in total. The second-order valence-electron chi connectivity index (χ2n) is 3.81. The van der Waals surface area contributed by atoms with E-state index in [9.17, 15) is 0 Å². The maximum Gasteiger partial charge on any atom is 0.243 e. The van der Waals surface area contributed by atoms with Gasteiger partial charge in [-0.3, -0.25) is 0 Å². The van der Waals surface area contributed by atoms with Crippen LogP contribution in [0.3, 0.4) is 0 Å². The Morgan fingerprint density at radius 3 is 2.67 bits per heavy atom. The molecule has 2 N–H and O–H groups in total. The average Bonchev–Trinajstić information content (AvgIpc) is 2.61. The van der Waals surface area contributed by atoms with E-state index in [1.54, 1.807) is 0 Å². The molecule has 1 aliphatic rings. The van der Waals surface area contributed by atoms with E-state index >= 15 is 0 Å². The Bertz CT molecular complexity index is 288. The van der Waals surface area contributed by atoms with Crippen molar-refractivity contribution in [1.82, 2.24) is 10.1 Å². The minimum Gasteiger partial charge on any atom is -0.338 e. The van der Waals surface area contributed by atoms with Crippen LogP contribution in [0, 0.1) is 0 Å². The van der Waals surface area contributed by atoms with Gasteiger partial charge >= 0.3 is 0 Å². The zero-order valence-electron chi connectivity index (χ0n) is 7.37. The van der Waals surface area contributed by atoms with Crippen LogP contribution in [-0.2, 0) is 5.41 Å². The van der Waals surface area contributed by atoms with Crippen LogP contribution < -0.4 is 5.73 Å². The van der Waals surface area contributed by atoms with Crippen molar-refractivity contribution in [3.05, 3.63) is 11.7 Å². The molecule has 1 aliphatic carbocycles. The Morgan fingerprint density at radius 1 is 1.58 bits per heavy atom. The van der Waals surface area contributed by atoms with Gasteiger partial charge in [-0.1, -0.05) is 12.1 Å². The summed E-state index contributed by atoms with van der Waals surface area (Å²) in [4.78, 5) is 4.24. The summed E-state index contributed by atoms with van der Waals surface area (Å²) in [7, 11) is 0. The van der Waals surface area contributed by atoms with E-state index in [2.05, 4.69) is 17.1 Å². The second kappa shape index (κ2) is 2.29. The van der Waals surface area contributed by atoms with Gasteiger partial charge in [-0.15, -0.1) is 0 Å². The van der Waals surface area contributed by atoms with Crippen LogP contribution in [0.5, 0.6) is 0 Å². The number of hydrogen-bond donors (Lipinski definition) is 1. The van der Waals surface area contributed by atoms with Gasteiger partial charge < -0.3 is 10.3 Å². The summed E-state index contributed by atoms with van der Waals surface area (Å²) in [6.07, 6.45) is 2.32. The monoisotopic (exact) mass is 167 g/mol. The third-order valence-electron chi connectivity index (χ3n) is 2.37. The maximum absolute atomic E-state index is 5.59. The van der Waals surface area contributed by atoms with Crippen LogP contribution in [0.1, 0.15) is 44.4 Å². The molecule has 1 aromatic heterocycles. The predicted octanol–water partition coefficient (Wildman–Crippen LogP) is 1.14. The first kappa shape index (κ1) is 7.73. The number of aromatic nitrogens is 2. The highest BCUT2D eigenvalue weighted by atomic mass is 16.5. The summed E-state index contributed by atoms with van der Waals surface area (Å²) in [5, 5.41) is 3.91. The summed E-state index contributed by atoms with van der Waals surface area (Å²) < 4.78 is 5.01. The minimum atomic E-state index is -0.159. The molecule has 1 fully saturated rings. The fraction of sp³-hybridized carbons (Fsp3) is 0.750. The van der Waals surface area contributed by atoms with E-state index in [0.717, 1.165) is 18.7 Å². The summed E-state index contributed by atoms with van der Waals surface area (Å²) >= 11 is 0. The van der Waals surface area contributed by atoms with Gasteiger partial charge in [0.05, 0.1) is 6.04 Å². The average molecular weight is 167 g/mol. The van der Waals surface area contributed by atoms with Crippen molar-refractivity contribution >= 4 is 0 Å². The highest BCUT2D eigenvalue weighted by Crippen LogP contribution is 2.46. The van der Waals surface area contributed by atoms with Crippen molar-refractivity contribution in [2.24, 2.45) is 5.73 Å². The van der Waals surface area contributed by atoms with Gasteiger partial charge in [-0.2, -0.15) is 4.98 Å². The zero-order valence-corrected chi connectivity index (χ0v) is 7.37. The van der Waals surface area contributed by atoms with Crippen LogP contribution in [0.25, 0.3) is 0 Å². The van der Waals surface area contributed by atoms with E-state index in [0.29, 0.717) is 5.89 Å². The zero-order chi connectivity index (χ0) is 8.77. The first-order valence-electron chi connectivity index (χ1n) is 4.21. The smallest absolute Gasteiger partial charge is 0.243 e. The first-order valence-corrected chi connectivity index (χ1v) is 4.21. The Balaban J connectivity index is 2.25. The largest absolute Gasteiger partial charge is 0.338 e. The molecule has 4 heteroatoms. The Morgan fingerprint density at radius 2 is 2.25 bits per heavy atom. The molecule has 0 spiro atoms. The lowest BCUT2D eigenvalue weighted by molar-refractivity contribution is 0.354. The van der Waals surface area contributed by atoms with Crippen LogP contribution in [0.15, 0.2) is 4.52 Å². The Kier molecular flexibility index (Phi) is 1.48. The van der Waals surface area contributed by atoms with Gasteiger partial charge in [-0.05, 0) is 19.8 Å². The van der Waals surface area contributed by atoms with Crippen molar-refractivity contribution in [3.63, 3.8) is 0 Å². The lowest BCUT2D eigenvalue weighted by atomic mass is 10.1. The van der Waals surface area contributed by atoms with E-state index in [1.165, 1.54) is 0 Å². The number of hydrogen-bond acceptors (Lipinski definition) is 4. The van der Waals surface area contributed by atoms with Crippen LogP contribution in [-0.4, -0.2) is 10.1 Å². The fourth-order valence-electron chi connectivity index (χ4n) is 1.08. The van der Waals surface area contributed by atoms with Gasteiger partial charge in [0.15, 0.2) is 5.82 Å². The summed E-state index contributed by atoms with van der Waals surface area (Å²) in [5.41, 5.74) is 5.77. The van der Waals surface area contributed by atoms with Crippen molar-refractivity contribution in [2.45, 2.75) is 38.1 Å². The van der Waals surface area contributed by atoms with Crippen LogP contribution in [0.4, 0.5) is 0 Å². The van der Waals surface area contributed by atoms with E-state index in [1.807, 2.05) is 6.92 Å². The summed E-state index contributed by atoms with van der Waals surface area (Å²) in [6, 6.07) is -0.159. The molecule has 0 aromatic carbocycles. The summed E-state index contributed by atoms with van der Waals surface area (Å²) in [5.74, 6) is 1.35. The highest BCUT2D eigenvalue weighted by molar-refractivity contribution is 5.14. The molecule has 0 radical (unpaired) electrons. The minimum absolute atomic E-state index is 0.159. The van der Waals surface area contributed by atoms with Crippen LogP contribution >= 0.6 is 0 Å². The lowest BCUT2D eigenvalue weighted by Gasteiger charge is -1.97. The Labute approximate surface area is 71.1 Å². The molecule has 2 rings (SSSR count). The maximum atomic E-state index is 5.59. The predicted molar refractivity (Wildman–Crippen MR) is 43.5 cm³/mol. The molecule has 0 bridgehead atoms. The van der Waals surface area contributed by atoms with Crippen molar-refractivity contribution in [1.29, 1.82) is 0 Å². The molecular weight excluding hydrogens is 154 g/mol. The SMILES string of the molecule is CC(N)c1nc(C2(C)CC2)no1. The quantitative estimate of drug-likeness (QED) is 0.717. The van der Waals surface area contributed by atoms with Crippen LogP contribution in [0.2, 0.25) is 0 Å². The molecule has 1 unspecified atom stereocenters. The van der Waals surface area contributed by atoms with Gasteiger partial charge in [0, 0.05) is 5.41 Å². The Hall–Kier alpha value is -0.900. The summed E-state index contributed by atoms with van der Waals surface area (Å²) in [6.45, 7) is 3.98. The number of rotatable bonds is 2. The van der Waals surface area contributed by atoms with Gasteiger partial charge in [0.1, 0.15) is 0 Å². The topological polar surface area (TPSA) is 64.9 Å². The molecule has 0 amide bonds.